The van der Waals surface area contributed by atoms with E-state index in [1.165, 1.54) is 30.3 Å². The normalized spacial score (nSPS) is 11.2. The number of benzene rings is 4. The maximum atomic E-state index is 12.8. The molecular formula is C23H17ClN2O3S. The lowest BCUT2D eigenvalue weighted by atomic mass is 10.1. The fourth-order valence-electron chi connectivity index (χ4n) is 3.04. The Bertz CT molecular complexity index is 1340. The summed E-state index contributed by atoms with van der Waals surface area (Å²) in [6.45, 7) is 0. The Kier molecular flexibility index (Phi) is 5.44. The second-order valence-corrected chi connectivity index (χ2v) is 8.72. The van der Waals surface area contributed by atoms with E-state index in [2.05, 4.69) is 10.0 Å². The summed E-state index contributed by atoms with van der Waals surface area (Å²) in [5, 5.41) is 5.08. The van der Waals surface area contributed by atoms with Gasteiger partial charge in [0.2, 0.25) is 0 Å². The van der Waals surface area contributed by atoms with Crippen LogP contribution in [-0.2, 0) is 10.0 Å². The first kappa shape index (κ1) is 19.9. The highest BCUT2D eigenvalue weighted by atomic mass is 35.5. The molecule has 4 aromatic carbocycles. The monoisotopic (exact) mass is 436 g/mol. The molecule has 5 nitrogen and oxygen atoms in total. The van der Waals surface area contributed by atoms with Crippen LogP contribution in [-0.4, -0.2) is 14.3 Å². The van der Waals surface area contributed by atoms with E-state index in [-0.39, 0.29) is 21.2 Å². The van der Waals surface area contributed by atoms with E-state index in [1.54, 1.807) is 24.3 Å². The molecule has 30 heavy (non-hydrogen) atoms. The van der Waals surface area contributed by atoms with Crippen molar-refractivity contribution in [1.29, 1.82) is 0 Å². The molecule has 4 rings (SSSR count). The largest absolute Gasteiger partial charge is 0.322 e. The SMILES string of the molecule is O=C(Nc1ccc2ccccc2c1)c1cc(NS(=O)(=O)c2ccccc2)ccc1Cl. The van der Waals surface area contributed by atoms with Crippen molar-refractivity contribution in [3.8, 4) is 0 Å². The molecule has 1 amide bonds. The average Bonchev–Trinajstić information content (AvgIpc) is 2.75. The fraction of sp³-hybridized carbons (Fsp3) is 0. The Balaban J connectivity index is 1.58. The summed E-state index contributed by atoms with van der Waals surface area (Å²) in [6, 6.07) is 25.8. The maximum absolute atomic E-state index is 12.8. The molecule has 0 saturated carbocycles. The van der Waals surface area contributed by atoms with E-state index >= 15 is 0 Å². The zero-order chi connectivity index (χ0) is 21.1. The summed E-state index contributed by atoms with van der Waals surface area (Å²) in [5.41, 5.74) is 1.02. The van der Waals surface area contributed by atoms with Gasteiger partial charge in [-0.25, -0.2) is 8.42 Å². The van der Waals surface area contributed by atoms with Crippen molar-refractivity contribution in [3.05, 3.63) is 102 Å². The van der Waals surface area contributed by atoms with Crippen molar-refractivity contribution in [3.63, 3.8) is 0 Å². The van der Waals surface area contributed by atoms with E-state index in [0.717, 1.165) is 10.8 Å². The first-order valence-corrected chi connectivity index (χ1v) is 11.0. The molecule has 0 bridgehead atoms. The van der Waals surface area contributed by atoms with Crippen LogP contribution < -0.4 is 10.0 Å². The van der Waals surface area contributed by atoms with E-state index in [0.29, 0.717) is 5.69 Å². The molecule has 150 valence electrons. The molecule has 0 aliphatic carbocycles. The molecule has 7 heteroatoms. The third-order valence-electron chi connectivity index (χ3n) is 4.52. The molecular weight excluding hydrogens is 420 g/mol. The molecule has 4 aromatic rings. The van der Waals surface area contributed by atoms with Gasteiger partial charge in [-0.1, -0.05) is 60.1 Å². The number of amides is 1. The molecule has 0 fully saturated rings. The molecule has 0 aliphatic rings. The Morgan fingerprint density at radius 2 is 1.40 bits per heavy atom. The highest BCUT2D eigenvalue weighted by Gasteiger charge is 2.17. The van der Waals surface area contributed by atoms with Crippen molar-refractivity contribution in [2.45, 2.75) is 4.90 Å². The minimum Gasteiger partial charge on any atom is -0.322 e. The Labute approximate surface area is 179 Å². The van der Waals surface area contributed by atoms with Crippen LogP contribution in [0.4, 0.5) is 11.4 Å². The zero-order valence-electron chi connectivity index (χ0n) is 15.7. The van der Waals surface area contributed by atoms with Crippen LogP contribution in [0.2, 0.25) is 5.02 Å². The predicted molar refractivity (Wildman–Crippen MR) is 121 cm³/mol. The van der Waals surface area contributed by atoms with Gasteiger partial charge in [-0.15, -0.1) is 0 Å². The third kappa shape index (κ3) is 4.30. The molecule has 0 saturated heterocycles. The number of anilines is 2. The molecule has 0 radical (unpaired) electrons. The van der Waals surface area contributed by atoms with Gasteiger partial charge < -0.3 is 5.32 Å². The van der Waals surface area contributed by atoms with Crippen molar-refractivity contribution in [1.82, 2.24) is 0 Å². The van der Waals surface area contributed by atoms with Crippen LogP contribution in [0.15, 0.2) is 95.9 Å². The lowest BCUT2D eigenvalue weighted by Gasteiger charge is -2.12. The van der Waals surface area contributed by atoms with E-state index in [9.17, 15) is 13.2 Å². The third-order valence-corrected chi connectivity index (χ3v) is 6.25. The van der Waals surface area contributed by atoms with Crippen LogP contribution in [0.3, 0.4) is 0 Å². The molecule has 2 N–H and O–H groups in total. The number of carbonyl (C=O) groups is 1. The minimum atomic E-state index is -3.78. The van der Waals surface area contributed by atoms with Gasteiger partial charge >= 0.3 is 0 Å². The number of hydrogen-bond acceptors (Lipinski definition) is 3. The zero-order valence-corrected chi connectivity index (χ0v) is 17.2. The Morgan fingerprint density at radius 3 is 2.17 bits per heavy atom. The van der Waals surface area contributed by atoms with Crippen molar-refractivity contribution >= 4 is 49.7 Å². The number of nitrogens with one attached hydrogen (secondary N) is 2. The van der Waals surface area contributed by atoms with Crippen LogP contribution >= 0.6 is 11.6 Å². The highest BCUT2D eigenvalue weighted by Crippen LogP contribution is 2.25. The van der Waals surface area contributed by atoms with E-state index < -0.39 is 15.9 Å². The van der Waals surface area contributed by atoms with Crippen LogP contribution in [0.5, 0.6) is 0 Å². The topological polar surface area (TPSA) is 75.3 Å². The van der Waals surface area contributed by atoms with Crippen LogP contribution in [0.1, 0.15) is 10.4 Å². The molecule has 0 aliphatic heterocycles. The first-order valence-electron chi connectivity index (χ1n) is 9.10. The van der Waals surface area contributed by atoms with Crippen LogP contribution in [0, 0.1) is 0 Å². The lowest BCUT2D eigenvalue weighted by Crippen LogP contribution is -2.15. The van der Waals surface area contributed by atoms with Crippen LogP contribution in [0.25, 0.3) is 10.8 Å². The van der Waals surface area contributed by atoms with Crippen molar-refractivity contribution < 1.29 is 13.2 Å². The van der Waals surface area contributed by atoms with Gasteiger partial charge in [0.1, 0.15) is 0 Å². The second kappa shape index (κ2) is 8.18. The van der Waals surface area contributed by atoms with Gasteiger partial charge in [0.05, 0.1) is 15.5 Å². The van der Waals surface area contributed by atoms with Gasteiger partial charge in [0, 0.05) is 11.4 Å². The summed E-state index contributed by atoms with van der Waals surface area (Å²) in [7, 11) is -3.78. The summed E-state index contributed by atoms with van der Waals surface area (Å²) in [6.07, 6.45) is 0. The van der Waals surface area contributed by atoms with Crippen molar-refractivity contribution in [2.24, 2.45) is 0 Å². The molecule has 0 spiro atoms. The average molecular weight is 437 g/mol. The Morgan fingerprint density at radius 1 is 0.733 bits per heavy atom. The second-order valence-electron chi connectivity index (χ2n) is 6.63. The summed E-state index contributed by atoms with van der Waals surface area (Å²) >= 11 is 6.20. The highest BCUT2D eigenvalue weighted by molar-refractivity contribution is 7.92. The molecule has 0 aromatic heterocycles. The number of halogens is 1. The number of sulfonamides is 1. The molecule has 0 heterocycles. The minimum absolute atomic E-state index is 0.127. The predicted octanol–water partition coefficient (Wildman–Crippen LogP) is 5.55. The first-order chi connectivity index (χ1) is 14.4. The molecule has 0 unspecified atom stereocenters. The fourth-order valence-corrected chi connectivity index (χ4v) is 4.32. The quantitative estimate of drug-likeness (QED) is 0.431. The number of fused-ring (bicyclic) bond motifs is 1. The Hall–Kier alpha value is -3.35. The van der Waals surface area contributed by atoms with Gasteiger partial charge in [-0.3, -0.25) is 9.52 Å². The van der Waals surface area contributed by atoms with E-state index in [4.69, 9.17) is 11.6 Å². The smallest absolute Gasteiger partial charge is 0.261 e. The summed E-state index contributed by atoms with van der Waals surface area (Å²) in [5.74, 6) is -0.434. The van der Waals surface area contributed by atoms with Gasteiger partial charge in [0.15, 0.2) is 0 Å². The number of rotatable bonds is 5. The molecule has 0 atom stereocenters. The summed E-state index contributed by atoms with van der Waals surface area (Å²) < 4.78 is 27.6. The number of carbonyl (C=O) groups excluding carboxylic acids is 1. The lowest BCUT2D eigenvalue weighted by molar-refractivity contribution is 0.102. The van der Waals surface area contributed by atoms with Gasteiger partial charge in [-0.2, -0.15) is 0 Å². The van der Waals surface area contributed by atoms with E-state index in [1.807, 2.05) is 36.4 Å². The maximum Gasteiger partial charge on any atom is 0.261 e. The van der Waals surface area contributed by atoms with Crippen molar-refractivity contribution in [2.75, 3.05) is 10.0 Å². The van der Waals surface area contributed by atoms with Gasteiger partial charge in [-0.05, 0) is 53.2 Å². The standard InChI is InChI=1S/C23H17ClN2O3S/c24-22-13-12-19(26-30(28,29)20-8-2-1-3-9-20)15-21(22)23(27)25-18-11-10-16-6-4-5-7-17(16)14-18/h1-15,26H,(H,25,27). The number of hydrogen-bond donors (Lipinski definition) is 2. The summed E-state index contributed by atoms with van der Waals surface area (Å²) in [4.78, 5) is 12.9. The van der Waals surface area contributed by atoms with Gasteiger partial charge in [0.25, 0.3) is 15.9 Å².